The van der Waals surface area contributed by atoms with Gasteiger partial charge in [-0.15, -0.1) is 0 Å². The topological polar surface area (TPSA) is 93.4 Å². The molecule has 0 aliphatic rings. The van der Waals surface area contributed by atoms with Gasteiger partial charge in [-0.25, -0.2) is 15.0 Å². The standard InChI is InChI=1S/C6H5ClN6/c7-4-1-3(11-6(8)12-4)5-9-2-10-13-5/h1-2H,(H2,8,11,12)(H,9,10,13). The van der Waals surface area contributed by atoms with E-state index in [0.29, 0.717) is 11.5 Å². The first kappa shape index (κ1) is 7.93. The minimum absolute atomic E-state index is 0.110. The number of H-pyrrole nitrogens is 1. The molecule has 66 valence electrons. The molecule has 0 saturated carbocycles. The number of nitrogens with one attached hydrogen (secondary N) is 1. The van der Waals surface area contributed by atoms with Crippen LogP contribution in [0.15, 0.2) is 12.4 Å². The Labute approximate surface area is 78.2 Å². The quantitative estimate of drug-likeness (QED) is 0.648. The van der Waals surface area contributed by atoms with Crippen molar-refractivity contribution in [3.63, 3.8) is 0 Å². The summed E-state index contributed by atoms with van der Waals surface area (Å²) in [4.78, 5) is 11.5. The van der Waals surface area contributed by atoms with Crippen LogP contribution in [0.4, 0.5) is 5.95 Å². The lowest BCUT2D eigenvalue weighted by Crippen LogP contribution is -1.97. The summed E-state index contributed by atoms with van der Waals surface area (Å²) in [6.45, 7) is 0. The molecule has 0 saturated heterocycles. The van der Waals surface area contributed by atoms with Gasteiger partial charge in [-0.05, 0) is 0 Å². The van der Waals surface area contributed by atoms with Gasteiger partial charge in [0, 0.05) is 6.07 Å². The summed E-state index contributed by atoms with van der Waals surface area (Å²) >= 11 is 5.67. The van der Waals surface area contributed by atoms with Gasteiger partial charge in [-0.3, -0.25) is 5.10 Å². The van der Waals surface area contributed by atoms with E-state index in [-0.39, 0.29) is 11.1 Å². The predicted octanol–water partition coefficient (Wildman–Crippen LogP) is 0.497. The second-order valence-electron chi connectivity index (χ2n) is 2.27. The molecule has 2 aromatic heterocycles. The van der Waals surface area contributed by atoms with Crippen LogP contribution in [0.5, 0.6) is 0 Å². The molecule has 0 radical (unpaired) electrons. The van der Waals surface area contributed by atoms with Gasteiger partial charge in [0.15, 0.2) is 5.82 Å². The number of nitrogens with two attached hydrogens (primary N) is 1. The Morgan fingerprint density at radius 3 is 2.85 bits per heavy atom. The van der Waals surface area contributed by atoms with Crippen molar-refractivity contribution in [1.82, 2.24) is 25.1 Å². The normalized spacial score (nSPS) is 10.2. The van der Waals surface area contributed by atoms with Crippen molar-refractivity contribution >= 4 is 17.5 Å². The third-order valence-electron chi connectivity index (χ3n) is 1.37. The van der Waals surface area contributed by atoms with Gasteiger partial charge < -0.3 is 5.73 Å². The predicted molar refractivity (Wildman–Crippen MR) is 46.8 cm³/mol. The van der Waals surface area contributed by atoms with E-state index in [0.717, 1.165) is 0 Å². The molecule has 0 aromatic carbocycles. The summed E-state index contributed by atoms with van der Waals surface area (Å²) in [5, 5.41) is 6.60. The maximum Gasteiger partial charge on any atom is 0.222 e. The van der Waals surface area contributed by atoms with Gasteiger partial charge >= 0.3 is 0 Å². The van der Waals surface area contributed by atoms with Gasteiger partial charge in [0.1, 0.15) is 17.2 Å². The first-order chi connectivity index (χ1) is 6.25. The highest BCUT2D eigenvalue weighted by molar-refractivity contribution is 6.29. The van der Waals surface area contributed by atoms with E-state index < -0.39 is 0 Å². The summed E-state index contributed by atoms with van der Waals surface area (Å²) in [6.07, 6.45) is 1.38. The highest BCUT2D eigenvalue weighted by atomic mass is 35.5. The van der Waals surface area contributed by atoms with Crippen LogP contribution < -0.4 is 5.73 Å². The lowest BCUT2D eigenvalue weighted by molar-refractivity contribution is 1.08. The summed E-state index contributed by atoms with van der Waals surface area (Å²) in [7, 11) is 0. The van der Waals surface area contributed by atoms with Crippen LogP contribution in [-0.4, -0.2) is 25.1 Å². The average molecular weight is 197 g/mol. The summed E-state index contributed by atoms with van der Waals surface area (Å²) in [5.74, 6) is 0.620. The first-order valence-electron chi connectivity index (χ1n) is 3.41. The Balaban J connectivity index is 2.53. The minimum atomic E-state index is 0.110. The molecule has 0 aliphatic carbocycles. The van der Waals surface area contributed by atoms with Crippen LogP contribution in [0.25, 0.3) is 11.5 Å². The van der Waals surface area contributed by atoms with Crippen molar-refractivity contribution in [3.05, 3.63) is 17.5 Å². The maximum absolute atomic E-state index is 5.67. The number of nitrogens with zero attached hydrogens (tertiary/aromatic N) is 4. The number of nitrogen functional groups attached to an aromatic ring is 1. The minimum Gasteiger partial charge on any atom is -0.368 e. The Bertz CT molecular complexity index is 391. The average Bonchev–Trinajstić information content (AvgIpc) is 2.53. The molecule has 0 unspecified atom stereocenters. The molecule has 13 heavy (non-hydrogen) atoms. The van der Waals surface area contributed by atoms with Crippen LogP contribution >= 0.6 is 11.6 Å². The van der Waals surface area contributed by atoms with Crippen LogP contribution in [0.3, 0.4) is 0 Å². The largest absolute Gasteiger partial charge is 0.368 e. The lowest BCUT2D eigenvalue weighted by atomic mass is 10.4. The zero-order valence-corrected chi connectivity index (χ0v) is 7.15. The Hall–Kier alpha value is -1.69. The Morgan fingerprint density at radius 2 is 2.23 bits per heavy atom. The third kappa shape index (κ3) is 1.57. The molecule has 0 aliphatic heterocycles. The molecule has 0 fully saturated rings. The van der Waals surface area contributed by atoms with Gasteiger partial charge in [0.2, 0.25) is 5.95 Å². The van der Waals surface area contributed by atoms with Gasteiger partial charge in [0.25, 0.3) is 0 Å². The van der Waals surface area contributed by atoms with Crippen molar-refractivity contribution < 1.29 is 0 Å². The summed E-state index contributed by atoms with van der Waals surface area (Å²) < 4.78 is 0. The highest BCUT2D eigenvalue weighted by Crippen LogP contribution is 2.15. The fourth-order valence-electron chi connectivity index (χ4n) is 0.885. The second-order valence-corrected chi connectivity index (χ2v) is 2.66. The third-order valence-corrected chi connectivity index (χ3v) is 1.56. The van der Waals surface area contributed by atoms with E-state index in [4.69, 9.17) is 17.3 Å². The molecule has 0 bridgehead atoms. The number of rotatable bonds is 1. The molecule has 0 amide bonds. The molecule has 3 N–H and O–H groups in total. The second kappa shape index (κ2) is 2.98. The molecule has 2 rings (SSSR count). The summed E-state index contributed by atoms with van der Waals surface area (Å²) in [6, 6.07) is 1.55. The fraction of sp³-hybridized carbons (Fsp3) is 0. The molecule has 6 nitrogen and oxygen atoms in total. The number of aromatic nitrogens is 5. The molecular formula is C6H5ClN6. The van der Waals surface area contributed by atoms with Crippen molar-refractivity contribution in [3.8, 4) is 11.5 Å². The van der Waals surface area contributed by atoms with E-state index >= 15 is 0 Å². The van der Waals surface area contributed by atoms with Gasteiger partial charge in [-0.1, -0.05) is 11.6 Å². The van der Waals surface area contributed by atoms with E-state index in [9.17, 15) is 0 Å². The van der Waals surface area contributed by atoms with Crippen molar-refractivity contribution in [2.45, 2.75) is 0 Å². The van der Waals surface area contributed by atoms with E-state index in [1.807, 2.05) is 0 Å². The number of hydrogen-bond donors (Lipinski definition) is 2. The molecule has 2 heterocycles. The monoisotopic (exact) mass is 196 g/mol. The maximum atomic E-state index is 5.67. The molecule has 7 heteroatoms. The molecule has 0 atom stereocenters. The van der Waals surface area contributed by atoms with Crippen molar-refractivity contribution in [1.29, 1.82) is 0 Å². The SMILES string of the molecule is Nc1nc(Cl)cc(-c2ncn[nH]2)n1. The Morgan fingerprint density at radius 1 is 1.38 bits per heavy atom. The van der Waals surface area contributed by atoms with Gasteiger partial charge in [0.05, 0.1) is 0 Å². The summed E-state index contributed by atoms with van der Waals surface area (Å²) in [5.41, 5.74) is 5.92. The highest BCUT2D eigenvalue weighted by Gasteiger charge is 2.05. The van der Waals surface area contributed by atoms with E-state index in [1.165, 1.54) is 6.33 Å². The van der Waals surface area contributed by atoms with Crippen molar-refractivity contribution in [2.75, 3.05) is 5.73 Å². The molecular weight excluding hydrogens is 192 g/mol. The zero-order chi connectivity index (χ0) is 9.26. The van der Waals surface area contributed by atoms with E-state index in [2.05, 4.69) is 25.1 Å². The van der Waals surface area contributed by atoms with E-state index in [1.54, 1.807) is 6.07 Å². The molecule has 0 spiro atoms. The van der Waals surface area contributed by atoms with Gasteiger partial charge in [-0.2, -0.15) is 5.10 Å². The number of aromatic amines is 1. The number of halogens is 1. The lowest BCUT2D eigenvalue weighted by Gasteiger charge is -1.97. The zero-order valence-electron chi connectivity index (χ0n) is 6.40. The fourth-order valence-corrected chi connectivity index (χ4v) is 1.08. The first-order valence-corrected chi connectivity index (χ1v) is 3.79. The number of hydrogen-bond acceptors (Lipinski definition) is 5. The van der Waals surface area contributed by atoms with Crippen LogP contribution in [0.1, 0.15) is 0 Å². The van der Waals surface area contributed by atoms with Crippen LogP contribution in [0.2, 0.25) is 5.15 Å². The smallest absolute Gasteiger partial charge is 0.222 e. The van der Waals surface area contributed by atoms with Crippen molar-refractivity contribution in [2.24, 2.45) is 0 Å². The van der Waals surface area contributed by atoms with Crippen LogP contribution in [0, 0.1) is 0 Å². The van der Waals surface area contributed by atoms with Crippen LogP contribution in [-0.2, 0) is 0 Å². The Kier molecular flexibility index (Phi) is 1.82. The number of anilines is 1. The molecule has 2 aromatic rings.